The zero-order valence-electron chi connectivity index (χ0n) is 12.4. The van der Waals surface area contributed by atoms with Gasteiger partial charge in [-0.2, -0.15) is 0 Å². The van der Waals surface area contributed by atoms with E-state index < -0.39 is 12.0 Å². The second-order valence-electron chi connectivity index (χ2n) is 6.23. The molecule has 0 spiro atoms. The zero-order chi connectivity index (χ0) is 14.6. The third-order valence-corrected chi connectivity index (χ3v) is 3.49. The Kier molecular flexibility index (Phi) is 5.12. The molecule has 0 aliphatic heterocycles. The minimum Gasteiger partial charge on any atom is -0.480 e. The number of aryl methyl sites for hydroxylation is 2. The number of nitrogens with two attached hydrogens (primary N) is 1. The van der Waals surface area contributed by atoms with Gasteiger partial charge in [0.15, 0.2) is 0 Å². The Morgan fingerprint density at radius 1 is 1.37 bits per heavy atom. The Morgan fingerprint density at radius 2 is 2.00 bits per heavy atom. The zero-order valence-corrected chi connectivity index (χ0v) is 12.4. The topological polar surface area (TPSA) is 63.3 Å². The Hall–Kier alpha value is -1.35. The van der Waals surface area contributed by atoms with Crippen molar-refractivity contribution in [2.24, 2.45) is 5.73 Å². The van der Waals surface area contributed by atoms with Crippen molar-refractivity contribution in [1.82, 2.24) is 0 Å². The highest BCUT2D eigenvalue weighted by molar-refractivity contribution is 5.72. The SMILES string of the molecule is Cc1ccc(C(C)(C)C)cc1CCCC(N)C(=O)O. The van der Waals surface area contributed by atoms with Gasteiger partial charge in [-0.25, -0.2) is 0 Å². The van der Waals surface area contributed by atoms with Crippen LogP contribution in [0, 0.1) is 6.92 Å². The van der Waals surface area contributed by atoms with Gasteiger partial charge >= 0.3 is 5.97 Å². The maximum atomic E-state index is 10.7. The molecule has 0 aliphatic carbocycles. The lowest BCUT2D eigenvalue weighted by Crippen LogP contribution is -2.29. The molecule has 106 valence electrons. The molecule has 3 nitrogen and oxygen atoms in total. The van der Waals surface area contributed by atoms with Gasteiger partial charge in [0.1, 0.15) is 6.04 Å². The molecule has 0 amide bonds. The van der Waals surface area contributed by atoms with Gasteiger partial charge in [-0.15, -0.1) is 0 Å². The van der Waals surface area contributed by atoms with Crippen LogP contribution in [0.1, 0.15) is 50.3 Å². The summed E-state index contributed by atoms with van der Waals surface area (Å²) in [6, 6.07) is 5.81. The standard InChI is InChI=1S/C16H25NO2/c1-11-8-9-13(16(2,3)4)10-12(11)6-5-7-14(17)15(18)19/h8-10,14H,5-7,17H2,1-4H3,(H,18,19). The predicted molar refractivity (Wildman–Crippen MR) is 78.4 cm³/mol. The van der Waals surface area contributed by atoms with E-state index in [1.807, 2.05) is 0 Å². The highest BCUT2D eigenvalue weighted by Gasteiger charge is 2.15. The summed E-state index contributed by atoms with van der Waals surface area (Å²) in [5, 5.41) is 8.76. The van der Waals surface area contributed by atoms with Crippen LogP contribution in [-0.2, 0) is 16.6 Å². The average Bonchev–Trinajstić information content (AvgIpc) is 2.29. The van der Waals surface area contributed by atoms with Crippen molar-refractivity contribution in [1.29, 1.82) is 0 Å². The number of rotatable bonds is 5. The number of carboxylic acids is 1. The average molecular weight is 263 g/mol. The fraction of sp³-hybridized carbons (Fsp3) is 0.562. The smallest absolute Gasteiger partial charge is 0.320 e. The molecule has 3 heteroatoms. The van der Waals surface area contributed by atoms with Crippen molar-refractivity contribution in [3.8, 4) is 0 Å². The number of carbonyl (C=O) groups is 1. The molecular weight excluding hydrogens is 238 g/mol. The molecule has 0 aromatic heterocycles. The molecule has 1 rings (SSSR count). The minimum absolute atomic E-state index is 0.139. The van der Waals surface area contributed by atoms with Crippen molar-refractivity contribution in [3.63, 3.8) is 0 Å². The van der Waals surface area contributed by atoms with Crippen LogP contribution in [0.15, 0.2) is 18.2 Å². The quantitative estimate of drug-likeness (QED) is 0.858. The van der Waals surface area contributed by atoms with Gasteiger partial charge in [0.2, 0.25) is 0 Å². The van der Waals surface area contributed by atoms with E-state index >= 15 is 0 Å². The molecule has 0 heterocycles. The molecule has 0 saturated carbocycles. The Bertz CT molecular complexity index is 447. The van der Waals surface area contributed by atoms with Gasteiger partial charge in [-0.3, -0.25) is 4.79 Å². The van der Waals surface area contributed by atoms with Crippen LogP contribution >= 0.6 is 0 Å². The van der Waals surface area contributed by atoms with Gasteiger partial charge < -0.3 is 10.8 Å². The number of carboxylic acid groups (broad SMARTS) is 1. The maximum absolute atomic E-state index is 10.7. The summed E-state index contributed by atoms with van der Waals surface area (Å²) >= 11 is 0. The second-order valence-corrected chi connectivity index (χ2v) is 6.23. The summed E-state index contributed by atoms with van der Waals surface area (Å²) in [7, 11) is 0. The van der Waals surface area contributed by atoms with E-state index in [0.29, 0.717) is 6.42 Å². The van der Waals surface area contributed by atoms with Gasteiger partial charge in [0.25, 0.3) is 0 Å². The van der Waals surface area contributed by atoms with E-state index in [4.69, 9.17) is 10.8 Å². The van der Waals surface area contributed by atoms with Gasteiger partial charge in [0, 0.05) is 0 Å². The summed E-state index contributed by atoms with van der Waals surface area (Å²) in [5.41, 5.74) is 9.53. The van der Waals surface area contributed by atoms with E-state index in [1.54, 1.807) is 0 Å². The summed E-state index contributed by atoms with van der Waals surface area (Å²) in [6.45, 7) is 8.68. The molecule has 1 atom stereocenters. The molecule has 0 fully saturated rings. The monoisotopic (exact) mass is 263 g/mol. The summed E-state index contributed by atoms with van der Waals surface area (Å²) < 4.78 is 0. The fourth-order valence-electron chi connectivity index (χ4n) is 2.04. The molecule has 1 aromatic rings. The summed E-state index contributed by atoms with van der Waals surface area (Å²) in [4.78, 5) is 10.7. The molecule has 3 N–H and O–H groups in total. The van der Waals surface area contributed by atoms with Crippen LogP contribution in [0.5, 0.6) is 0 Å². The Labute approximate surface area is 115 Å². The molecule has 0 bridgehead atoms. The Balaban J connectivity index is 2.70. The molecular formula is C16H25NO2. The van der Waals surface area contributed by atoms with Crippen LogP contribution in [0.2, 0.25) is 0 Å². The van der Waals surface area contributed by atoms with E-state index in [2.05, 4.69) is 45.9 Å². The van der Waals surface area contributed by atoms with E-state index in [-0.39, 0.29) is 5.41 Å². The fourth-order valence-corrected chi connectivity index (χ4v) is 2.04. The van der Waals surface area contributed by atoms with E-state index in [0.717, 1.165) is 12.8 Å². The van der Waals surface area contributed by atoms with Crippen LogP contribution in [0.25, 0.3) is 0 Å². The highest BCUT2D eigenvalue weighted by Crippen LogP contribution is 2.25. The summed E-state index contributed by atoms with van der Waals surface area (Å²) in [5.74, 6) is -0.917. The third-order valence-electron chi connectivity index (χ3n) is 3.49. The lowest BCUT2D eigenvalue weighted by Gasteiger charge is -2.21. The molecule has 0 saturated heterocycles. The third kappa shape index (κ3) is 4.67. The van der Waals surface area contributed by atoms with Crippen molar-refractivity contribution in [3.05, 3.63) is 34.9 Å². The first kappa shape index (κ1) is 15.7. The number of benzene rings is 1. The van der Waals surface area contributed by atoms with Gasteiger partial charge in [0.05, 0.1) is 0 Å². The maximum Gasteiger partial charge on any atom is 0.320 e. The summed E-state index contributed by atoms with van der Waals surface area (Å²) in [6.07, 6.45) is 2.22. The lowest BCUT2D eigenvalue weighted by molar-refractivity contribution is -0.138. The molecule has 1 unspecified atom stereocenters. The van der Waals surface area contributed by atoms with Crippen LogP contribution < -0.4 is 5.73 Å². The number of aliphatic carboxylic acids is 1. The van der Waals surface area contributed by atoms with Crippen molar-refractivity contribution >= 4 is 5.97 Å². The highest BCUT2D eigenvalue weighted by atomic mass is 16.4. The minimum atomic E-state index is -0.917. The van der Waals surface area contributed by atoms with E-state index in [1.165, 1.54) is 16.7 Å². The van der Waals surface area contributed by atoms with Crippen LogP contribution in [-0.4, -0.2) is 17.1 Å². The first-order chi connectivity index (χ1) is 8.71. The molecule has 1 aromatic carbocycles. The largest absolute Gasteiger partial charge is 0.480 e. The van der Waals surface area contributed by atoms with Crippen molar-refractivity contribution in [2.75, 3.05) is 0 Å². The normalized spacial score (nSPS) is 13.3. The number of hydrogen-bond acceptors (Lipinski definition) is 2. The van der Waals surface area contributed by atoms with E-state index in [9.17, 15) is 4.79 Å². The number of hydrogen-bond donors (Lipinski definition) is 2. The first-order valence-corrected chi connectivity index (χ1v) is 6.80. The Morgan fingerprint density at radius 3 is 2.53 bits per heavy atom. The molecule has 19 heavy (non-hydrogen) atoms. The van der Waals surface area contributed by atoms with Crippen LogP contribution in [0.3, 0.4) is 0 Å². The lowest BCUT2D eigenvalue weighted by atomic mass is 9.84. The van der Waals surface area contributed by atoms with Crippen LogP contribution in [0.4, 0.5) is 0 Å². The van der Waals surface area contributed by atoms with Crippen molar-refractivity contribution in [2.45, 2.75) is 58.4 Å². The first-order valence-electron chi connectivity index (χ1n) is 6.80. The van der Waals surface area contributed by atoms with Gasteiger partial charge in [-0.1, -0.05) is 39.0 Å². The predicted octanol–water partition coefficient (Wildman–Crippen LogP) is 3.03. The van der Waals surface area contributed by atoms with Crippen molar-refractivity contribution < 1.29 is 9.90 Å². The van der Waals surface area contributed by atoms with Gasteiger partial charge in [-0.05, 0) is 48.3 Å². The second kappa shape index (κ2) is 6.20. The molecule has 0 radical (unpaired) electrons. The molecule has 0 aliphatic rings.